The van der Waals surface area contributed by atoms with E-state index in [9.17, 15) is 4.79 Å². The first kappa shape index (κ1) is 14.9. The normalized spacial score (nSPS) is 13.4. The molecule has 124 valence electrons. The largest absolute Gasteiger partial charge is 0.464 e. The summed E-state index contributed by atoms with van der Waals surface area (Å²) < 4.78 is 7.76. The van der Waals surface area contributed by atoms with E-state index in [2.05, 4.69) is 33.1 Å². The summed E-state index contributed by atoms with van der Waals surface area (Å²) in [6.07, 6.45) is 4.06. The first-order chi connectivity index (χ1) is 11.6. The Hall–Kier alpha value is -2.63. The molecule has 0 aliphatic carbocycles. The second kappa shape index (κ2) is 5.78. The van der Waals surface area contributed by atoms with Gasteiger partial charge in [-0.25, -0.2) is 0 Å². The Morgan fingerprint density at radius 2 is 2.21 bits per heavy atom. The van der Waals surface area contributed by atoms with E-state index < -0.39 is 0 Å². The maximum atomic E-state index is 12.3. The molecule has 0 radical (unpaired) electrons. The molecule has 1 amide bonds. The maximum Gasteiger partial charge on any atom is 0.224 e. The fourth-order valence-electron chi connectivity index (χ4n) is 3.28. The van der Waals surface area contributed by atoms with Gasteiger partial charge in [-0.3, -0.25) is 4.79 Å². The van der Waals surface area contributed by atoms with E-state index >= 15 is 0 Å². The van der Waals surface area contributed by atoms with Gasteiger partial charge < -0.3 is 14.3 Å². The number of fused-ring (bicyclic) bond motifs is 2. The summed E-state index contributed by atoms with van der Waals surface area (Å²) in [5.74, 6) is 1.82. The third-order valence-electron chi connectivity index (χ3n) is 4.82. The standard InChI is InChI=1S/C18H20N4O2/c1-11-5-6-14-13(10-24-18(14)12(11)2)8-17(23)19-9-16-21-20-15-4-3-7-22(15)16/h5-6,10H,3-4,7-9H2,1-2H3,(H,19,23). The first-order valence-electron chi connectivity index (χ1n) is 8.27. The smallest absolute Gasteiger partial charge is 0.224 e. The molecule has 3 aromatic rings. The van der Waals surface area contributed by atoms with Crippen molar-refractivity contribution >= 4 is 16.9 Å². The lowest BCUT2D eigenvalue weighted by atomic mass is 10.0. The molecule has 0 bridgehead atoms. The Morgan fingerprint density at radius 3 is 3.08 bits per heavy atom. The monoisotopic (exact) mass is 324 g/mol. The van der Waals surface area contributed by atoms with Crippen molar-refractivity contribution in [2.75, 3.05) is 0 Å². The molecule has 0 spiro atoms. The lowest BCUT2D eigenvalue weighted by Crippen LogP contribution is -2.26. The Kier molecular flexibility index (Phi) is 3.59. The van der Waals surface area contributed by atoms with E-state index in [4.69, 9.17) is 4.42 Å². The minimum absolute atomic E-state index is 0.0359. The third-order valence-corrected chi connectivity index (χ3v) is 4.82. The lowest BCUT2D eigenvalue weighted by Gasteiger charge is -2.05. The molecule has 0 saturated heterocycles. The van der Waals surface area contributed by atoms with Crippen molar-refractivity contribution in [2.24, 2.45) is 0 Å². The van der Waals surface area contributed by atoms with E-state index in [1.54, 1.807) is 6.26 Å². The number of nitrogens with zero attached hydrogens (tertiary/aromatic N) is 3. The highest BCUT2D eigenvalue weighted by molar-refractivity contribution is 5.89. The van der Waals surface area contributed by atoms with E-state index in [1.807, 2.05) is 13.0 Å². The Balaban J connectivity index is 1.45. The summed E-state index contributed by atoms with van der Waals surface area (Å²) in [7, 11) is 0. The van der Waals surface area contributed by atoms with Crippen LogP contribution in [-0.4, -0.2) is 20.7 Å². The van der Waals surface area contributed by atoms with Crippen LogP contribution in [0.5, 0.6) is 0 Å². The van der Waals surface area contributed by atoms with Crippen molar-refractivity contribution < 1.29 is 9.21 Å². The summed E-state index contributed by atoms with van der Waals surface area (Å²) in [6.45, 7) is 5.45. The predicted octanol–water partition coefficient (Wildman–Crippen LogP) is 2.45. The summed E-state index contributed by atoms with van der Waals surface area (Å²) >= 11 is 0. The molecule has 0 unspecified atom stereocenters. The molecular formula is C18H20N4O2. The average Bonchev–Trinajstić information content (AvgIpc) is 3.25. The number of amides is 1. The molecule has 0 saturated carbocycles. The van der Waals surface area contributed by atoms with E-state index in [0.717, 1.165) is 53.1 Å². The highest BCUT2D eigenvalue weighted by atomic mass is 16.3. The van der Waals surface area contributed by atoms with Crippen LogP contribution < -0.4 is 5.32 Å². The first-order valence-corrected chi connectivity index (χ1v) is 8.27. The van der Waals surface area contributed by atoms with Gasteiger partial charge in [0.25, 0.3) is 0 Å². The number of aryl methyl sites for hydroxylation is 3. The fourth-order valence-corrected chi connectivity index (χ4v) is 3.28. The molecule has 1 aromatic carbocycles. The highest BCUT2D eigenvalue weighted by Crippen LogP contribution is 2.26. The fraction of sp³-hybridized carbons (Fsp3) is 0.389. The van der Waals surface area contributed by atoms with Gasteiger partial charge in [0.1, 0.15) is 11.4 Å². The highest BCUT2D eigenvalue weighted by Gasteiger charge is 2.18. The lowest BCUT2D eigenvalue weighted by molar-refractivity contribution is -0.120. The van der Waals surface area contributed by atoms with Gasteiger partial charge in [-0.05, 0) is 31.4 Å². The number of hydrogen-bond donors (Lipinski definition) is 1. The van der Waals surface area contributed by atoms with Crippen LogP contribution in [0.4, 0.5) is 0 Å². The van der Waals surface area contributed by atoms with E-state index in [-0.39, 0.29) is 5.91 Å². The van der Waals surface area contributed by atoms with Crippen LogP contribution in [-0.2, 0) is 30.7 Å². The molecule has 1 aliphatic rings. The SMILES string of the molecule is Cc1ccc2c(CC(=O)NCc3nnc4n3CCC4)coc2c1C. The number of carbonyl (C=O) groups is 1. The maximum absolute atomic E-state index is 12.3. The van der Waals surface area contributed by atoms with Gasteiger partial charge in [0.05, 0.1) is 19.2 Å². The average molecular weight is 324 g/mol. The minimum atomic E-state index is -0.0359. The summed E-state index contributed by atoms with van der Waals surface area (Å²) in [5, 5.41) is 12.3. The Morgan fingerprint density at radius 1 is 1.33 bits per heavy atom. The van der Waals surface area contributed by atoms with Crippen molar-refractivity contribution in [2.45, 2.75) is 46.2 Å². The van der Waals surface area contributed by atoms with Crippen LogP contribution in [0.25, 0.3) is 11.0 Å². The topological polar surface area (TPSA) is 73.0 Å². The molecule has 3 heterocycles. The third kappa shape index (κ3) is 2.48. The Labute approximate surface area is 139 Å². The van der Waals surface area contributed by atoms with Crippen LogP contribution in [0.1, 0.15) is 34.8 Å². The molecule has 0 fully saturated rings. The summed E-state index contributed by atoms with van der Waals surface area (Å²) in [5.41, 5.74) is 4.09. The second-order valence-corrected chi connectivity index (χ2v) is 6.39. The van der Waals surface area contributed by atoms with Crippen molar-refractivity contribution in [1.29, 1.82) is 0 Å². The van der Waals surface area contributed by atoms with Crippen molar-refractivity contribution in [3.05, 3.63) is 46.7 Å². The van der Waals surface area contributed by atoms with Crippen molar-refractivity contribution in [3.8, 4) is 0 Å². The van der Waals surface area contributed by atoms with Crippen molar-refractivity contribution in [3.63, 3.8) is 0 Å². The minimum Gasteiger partial charge on any atom is -0.464 e. The molecule has 6 nitrogen and oxygen atoms in total. The number of rotatable bonds is 4. The van der Waals surface area contributed by atoms with Crippen LogP contribution in [0.3, 0.4) is 0 Å². The predicted molar refractivity (Wildman–Crippen MR) is 89.6 cm³/mol. The number of benzene rings is 1. The van der Waals surface area contributed by atoms with Crippen LogP contribution >= 0.6 is 0 Å². The molecule has 24 heavy (non-hydrogen) atoms. The van der Waals surface area contributed by atoms with Gasteiger partial charge in [-0.15, -0.1) is 10.2 Å². The van der Waals surface area contributed by atoms with Crippen LogP contribution in [0.2, 0.25) is 0 Å². The zero-order valence-corrected chi connectivity index (χ0v) is 13.9. The quantitative estimate of drug-likeness (QED) is 0.800. The van der Waals surface area contributed by atoms with Gasteiger partial charge in [0.15, 0.2) is 5.82 Å². The van der Waals surface area contributed by atoms with Gasteiger partial charge in [0.2, 0.25) is 5.91 Å². The molecule has 2 aromatic heterocycles. The van der Waals surface area contributed by atoms with Gasteiger partial charge in [-0.2, -0.15) is 0 Å². The van der Waals surface area contributed by atoms with Crippen LogP contribution in [0.15, 0.2) is 22.8 Å². The number of nitrogens with one attached hydrogen (secondary N) is 1. The second-order valence-electron chi connectivity index (χ2n) is 6.39. The van der Waals surface area contributed by atoms with Gasteiger partial charge in [0, 0.05) is 23.9 Å². The number of carbonyl (C=O) groups excluding carboxylic acids is 1. The molecular weight excluding hydrogens is 304 g/mol. The van der Waals surface area contributed by atoms with Gasteiger partial charge >= 0.3 is 0 Å². The van der Waals surface area contributed by atoms with E-state index in [1.165, 1.54) is 5.56 Å². The molecule has 4 rings (SSSR count). The van der Waals surface area contributed by atoms with Crippen LogP contribution in [0, 0.1) is 13.8 Å². The number of furan rings is 1. The van der Waals surface area contributed by atoms with Gasteiger partial charge in [-0.1, -0.05) is 12.1 Å². The number of hydrogen-bond acceptors (Lipinski definition) is 4. The summed E-state index contributed by atoms with van der Waals surface area (Å²) in [6, 6.07) is 4.09. The van der Waals surface area contributed by atoms with E-state index in [0.29, 0.717) is 13.0 Å². The number of aromatic nitrogens is 3. The molecule has 0 atom stereocenters. The summed E-state index contributed by atoms with van der Waals surface area (Å²) in [4.78, 5) is 12.3. The zero-order valence-electron chi connectivity index (χ0n) is 13.9. The zero-order chi connectivity index (χ0) is 16.7. The Bertz CT molecular complexity index is 923. The van der Waals surface area contributed by atoms with Crippen molar-refractivity contribution in [1.82, 2.24) is 20.1 Å². The molecule has 6 heteroatoms. The molecule has 1 N–H and O–H groups in total. The molecule has 1 aliphatic heterocycles.